The van der Waals surface area contributed by atoms with E-state index >= 15 is 0 Å². The topological polar surface area (TPSA) is 41.6 Å². The highest BCUT2D eigenvalue weighted by Gasteiger charge is 2.25. The molecule has 1 aliphatic heterocycles. The van der Waals surface area contributed by atoms with Crippen molar-refractivity contribution in [2.24, 2.45) is 5.92 Å². The van der Waals surface area contributed by atoms with Crippen molar-refractivity contribution in [2.75, 3.05) is 32.1 Å². The molecule has 1 heterocycles. The molecule has 1 atom stereocenters. The number of ether oxygens (including phenoxy) is 1. The summed E-state index contributed by atoms with van der Waals surface area (Å²) in [5.41, 5.74) is 0.831. The largest absolute Gasteiger partial charge is 0.494 e. The Hall–Kier alpha value is -1.55. The van der Waals surface area contributed by atoms with Crippen molar-refractivity contribution in [1.82, 2.24) is 4.90 Å². The van der Waals surface area contributed by atoms with Gasteiger partial charge in [-0.15, -0.1) is 0 Å². The third kappa shape index (κ3) is 3.23. The number of anilines is 1. The molecule has 1 fully saturated rings. The third-order valence-corrected chi connectivity index (χ3v) is 3.19. The highest BCUT2D eigenvalue weighted by molar-refractivity contribution is 5.92. The fourth-order valence-corrected chi connectivity index (χ4v) is 2.19. The van der Waals surface area contributed by atoms with E-state index in [0.717, 1.165) is 30.9 Å². The molecule has 4 heteroatoms. The molecular weight excluding hydrogens is 228 g/mol. The van der Waals surface area contributed by atoms with Gasteiger partial charge in [-0.2, -0.15) is 0 Å². The molecule has 0 aromatic heterocycles. The number of hydrogen-bond donors (Lipinski definition) is 1. The lowest BCUT2D eigenvalue weighted by Crippen LogP contribution is -2.25. The molecule has 0 bridgehead atoms. The summed E-state index contributed by atoms with van der Waals surface area (Å²) in [6, 6.07) is 7.50. The van der Waals surface area contributed by atoms with Crippen LogP contribution in [0.1, 0.15) is 13.3 Å². The number of nitrogens with one attached hydrogen (secondary N) is 1. The van der Waals surface area contributed by atoms with Crippen molar-refractivity contribution < 1.29 is 9.53 Å². The van der Waals surface area contributed by atoms with E-state index in [0.29, 0.717) is 6.61 Å². The zero-order chi connectivity index (χ0) is 13.0. The number of hydrogen-bond acceptors (Lipinski definition) is 3. The first-order valence-electron chi connectivity index (χ1n) is 6.41. The van der Waals surface area contributed by atoms with Crippen LogP contribution in [0.25, 0.3) is 0 Å². The van der Waals surface area contributed by atoms with E-state index in [1.807, 2.05) is 38.2 Å². The van der Waals surface area contributed by atoms with Crippen molar-refractivity contribution in [3.8, 4) is 5.75 Å². The summed E-state index contributed by atoms with van der Waals surface area (Å²) in [7, 11) is 2.05. The number of benzene rings is 1. The van der Waals surface area contributed by atoms with E-state index in [1.54, 1.807) is 0 Å². The normalized spacial score (nSPS) is 19.8. The molecule has 1 amide bonds. The summed E-state index contributed by atoms with van der Waals surface area (Å²) in [6.07, 6.45) is 0.944. The molecule has 1 unspecified atom stereocenters. The molecule has 98 valence electrons. The lowest BCUT2D eigenvalue weighted by atomic mass is 10.1. The van der Waals surface area contributed by atoms with Gasteiger partial charge >= 0.3 is 0 Å². The zero-order valence-electron chi connectivity index (χ0n) is 11.0. The Morgan fingerprint density at radius 2 is 2.17 bits per heavy atom. The fourth-order valence-electron chi connectivity index (χ4n) is 2.19. The van der Waals surface area contributed by atoms with Crippen LogP contribution in [-0.2, 0) is 4.79 Å². The number of amides is 1. The molecule has 0 aliphatic carbocycles. The van der Waals surface area contributed by atoms with Crippen LogP contribution in [-0.4, -0.2) is 37.6 Å². The van der Waals surface area contributed by atoms with Crippen molar-refractivity contribution in [1.29, 1.82) is 0 Å². The second kappa shape index (κ2) is 5.87. The molecule has 1 aromatic carbocycles. The predicted molar refractivity (Wildman–Crippen MR) is 71.8 cm³/mol. The minimum atomic E-state index is 0.113. The molecule has 1 saturated heterocycles. The van der Waals surface area contributed by atoms with Crippen molar-refractivity contribution in [2.45, 2.75) is 13.3 Å². The lowest BCUT2D eigenvalue weighted by Gasteiger charge is -2.11. The average Bonchev–Trinajstić information content (AvgIpc) is 2.79. The number of carbonyl (C=O) groups excluding carboxylic acids is 1. The van der Waals surface area contributed by atoms with Gasteiger partial charge in [-0.1, -0.05) is 0 Å². The SMILES string of the molecule is CCOc1ccc(NC(=O)C2CCN(C)C2)cc1. The Kier molecular flexibility index (Phi) is 4.20. The molecule has 2 rings (SSSR count). The molecule has 1 N–H and O–H groups in total. The number of carbonyl (C=O) groups is 1. The maximum atomic E-state index is 12.0. The molecular formula is C14H20N2O2. The Balaban J connectivity index is 1.90. The van der Waals surface area contributed by atoms with E-state index in [4.69, 9.17) is 4.74 Å². The first-order chi connectivity index (χ1) is 8.69. The number of nitrogens with zero attached hydrogens (tertiary/aromatic N) is 1. The van der Waals surface area contributed by atoms with Gasteiger partial charge in [0.1, 0.15) is 5.75 Å². The van der Waals surface area contributed by atoms with Gasteiger partial charge in [0.25, 0.3) is 0 Å². The summed E-state index contributed by atoms with van der Waals surface area (Å²) < 4.78 is 5.36. The maximum Gasteiger partial charge on any atom is 0.228 e. The van der Waals surface area contributed by atoms with Gasteiger partial charge in [-0.05, 0) is 51.2 Å². The Morgan fingerprint density at radius 1 is 1.44 bits per heavy atom. The minimum absolute atomic E-state index is 0.113. The molecule has 0 saturated carbocycles. The zero-order valence-corrected chi connectivity index (χ0v) is 11.0. The Morgan fingerprint density at radius 3 is 2.72 bits per heavy atom. The van der Waals surface area contributed by atoms with Crippen LogP contribution in [0.15, 0.2) is 24.3 Å². The van der Waals surface area contributed by atoms with Gasteiger partial charge < -0.3 is 15.0 Å². The third-order valence-electron chi connectivity index (χ3n) is 3.19. The molecule has 0 spiro atoms. The van der Waals surface area contributed by atoms with E-state index in [-0.39, 0.29) is 11.8 Å². The summed E-state index contributed by atoms with van der Waals surface area (Å²) in [5, 5.41) is 2.95. The highest BCUT2D eigenvalue weighted by Crippen LogP contribution is 2.19. The fraction of sp³-hybridized carbons (Fsp3) is 0.500. The van der Waals surface area contributed by atoms with Crippen molar-refractivity contribution >= 4 is 11.6 Å². The maximum absolute atomic E-state index is 12.0. The van der Waals surface area contributed by atoms with Gasteiger partial charge in [0.05, 0.1) is 12.5 Å². The average molecular weight is 248 g/mol. The standard InChI is InChI=1S/C14H20N2O2/c1-3-18-13-6-4-12(5-7-13)15-14(17)11-8-9-16(2)10-11/h4-7,11H,3,8-10H2,1-2H3,(H,15,17). The molecule has 18 heavy (non-hydrogen) atoms. The van der Waals surface area contributed by atoms with Crippen molar-refractivity contribution in [3.05, 3.63) is 24.3 Å². The van der Waals surface area contributed by atoms with Crippen LogP contribution >= 0.6 is 0 Å². The number of rotatable bonds is 4. The van der Waals surface area contributed by atoms with Crippen LogP contribution < -0.4 is 10.1 Å². The smallest absolute Gasteiger partial charge is 0.228 e. The van der Waals surface area contributed by atoms with E-state index in [2.05, 4.69) is 10.2 Å². The molecule has 4 nitrogen and oxygen atoms in total. The van der Waals surface area contributed by atoms with Crippen molar-refractivity contribution in [3.63, 3.8) is 0 Å². The molecule has 1 aliphatic rings. The second-order valence-corrected chi connectivity index (χ2v) is 4.69. The first kappa shape index (κ1) is 12.9. The molecule has 0 radical (unpaired) electrons. The van der Waals surface area contributed by atoms with E-state index < -0.39 is 0 Å². The van der Waals surface area contributed by atoms with Crippen LogP contribution in [0.2, 0.25) is 0 Å². The minimum Gasteiger partial charge on any atom is -0.494 e. The summed E-state index contributed by atoms with van der Waals surface area (Å²) in [4.78, 5) is 14.2. The van der Waals surface area contributed by atoms with Gasteiger partial charge in [-0.3, -0.25) is 4.79 Å². The monoisotopic (exact) mass is 248 g/mol. The summed E-state index contributed by atoms with van der Waals surface area (Å²) in [5.74, 6) is 1.06. The van der Waals surface area contributed by atoms with Crippen LogP contribution in [0, 0.1) is 5.92 Å². The second-order valence-electron chi connectivity index (χ2n) is 4.69. The lowest BCUT2D eigenvalue weighted by molar-refractivity contribution is -0.119. The van der Waals surface area contributed by atoms with Gasteiger partial charge in [0.15, 0.2) is 0 Å². The Labute approximate surface area is 108 Å². The first-order valence-corrected chi connectivity index (χ1v) is 6.41. The van der Waals surface area contributed by atoms with Crippen LogP contribution in [0.3, 0.4) is 0 Å². The Bertz CT molecular complexity index is 403. The van der Waals surface area contributed by atoms with Gasteiger partial charge in [-0.25, -0.2) is 0 Å². The van der Waals surface area contributed by atoms with Crippen LogP contribution in [0.5, 0.6) is 5.75 Å². The van der Waals surface area contributed by atoms with E-state index in [1.165, 1.54) is 0 Å². The van der Waals surface area contributed by atoms with Crippen LogP contribution in [0.4, 0.5) is 5.69 Å². The number of likely N-dealkylation sites (tertiary alicyclic amines) is 1. The van der Waals surface area contributed by atoms with Gasteiger partial charge in [0, 0.05) is 12.2 Å². The summed E-state index contributed by atoms with van der Waals surface area (Å²) >= 11 is 0. The highest BCUT2D eigenvalue weighted by atomic mass is 16.5. The van der Waals surface area contributed by atoms with Gasteiger partial charge in [0.2, 0.25) is 5.91 Å². The molecule has 1 aromatic rings. The summed E-state index contributed by atoms with van der Waals surface area (Å²) in [6.45, 7) is 4.45. The quantitative estimate of drug-likeness (QED) is 0.885. The van der Waals surface area contributed by atoms with E-state index in [9.17, 15) is 4.79 Å². The predicted octanol–water partition coefficient (Wildman–Crippen LogP) is 1.98.